The highest BCUT2D eigenvalue weighted by atomic mass is 16.4. The molecule has 0 aliphatic heterocycles. The molecule has 0 radical (unpaired) electrons. The van der Waals surface area contributed by atoms with Crippen molar-refractivity contribution in [3.63, 3.8) is 0 Å². The second kappa shape index (κ2) is 5.86. The molecule has 0 heterocycles. The first kappa shape index (κ1) is 10.1. The fourth-order valence-corrected chi connectivity index (χ4v) is 0.596. The summed E-state index contributed by atoms with van der Waals surface area (Å²) in [5.74, 6) is 0. The summed E-state index contributed by atoms with van der Waals surface area (Å²) in [6.07, 6.45) is 4.33. The highest BCUT2D eigenvalue weighted by Gasteiger charge is 1.96. The molecule has 0 aromatic rings. The number of rotatable bonds is 5. The highest BCUT2D eigenvalue weighted by molar-refractivity contribution is 6.24. The molecule has 0 fully saturated rings. The van der Waals surface area contributed by atoms with Gasteiger partial charge in [-0.3, -0.25) is 0 Å². The standard InChI is InChI=1S/C7H15BN2O/c1-4-7(9)6-10(5-2)8-11-3/h5-6,8H,2,4,9H2,1,3H3/b7-6-. The summed E-state index contributed by atoms with van der Waals surface area (Å²) in [7, 11) is 2.12. The van der Waals surface area contributed by atoms with Crippen LogP contribution in [-0.2, 0) is 4.65 Å². The smallest absolute Gasteiger partial charge is 0.400 e. The van der Waals surface area contributed by atoms with Gasteiger partial charge in [0.1, 0.15) is 0 Å². The van der Waals surface area contributed by atoms with Crippen LogP contribution in [0.5, 0.6) is 0 Å². The van der Waals surface area contributed by atoms with E-state index in [0.717, 1.165) is 12.1 Å². The quantitative estimate of drug-likeness (QED) is 0.587. The van der Waals surface area contributed by atoms with Gasteiger partial charge in [0, 0.05) is 19.0 Å². The largest absolute Gasteiger partial charge is 0.422 e. The van der Waals surface area contributed by atoms with Gasteiger partial charge in [-0.15, -0.1) is 0 Å². The molecule has 0 rings (SSSR count). The van der Waals surface area contributed by atoms with Crippen LogP contribution >= 0.6 is 0 Å². The summed E-state index contributed by atoms with van der Waals surface area (Å²) in [4.78, 5) is 1.79. The molecule has 0 atom stereocenters. The van der Waals surface area contributed by atoms with Gasteiger partial charge in [0.2, 0.25) is 0 Å². The fourth-order valence-electron chi connectivity index (χ4n) is 0.596. The predicted octanol–water partition coefficient (Wildman–Crippen LogP) is 0.555. The summed E-state index contributed by atoms with van der Waals surface area (Å²) in [5.41, 5.74) is 6.42. The molecule has 0 spiro atoms. The fraction of sp³-hybridized carbons (Fsp3) is 0.429. The van der Waals surface area contributed by atoms with Gasteiger partial charge in [-0.05, 0) is 12.6 Å². The average molecular weight is 154 g/mol. The maximum absolute atomic E-state index is 5.60. The molecule has 2 N–H and O–H groups in total. The summed E-state index contributed by atoms with van der Waals surface area (Å²) >= 11 is 0. The summed E-state index contributed by atoms with van der Waals surface area (Å²) in [6.45, 7) is 5.61. The minimum Gasteiger partial charge on any atom is -0.422 e. The van der Waals surface area contributed by atoms with E-state index in [9.17, 15) is 0 Å². The lowest BCUT2D eigenvalue weighted by Gasteiger charge is -2.12. The second-order valence-electron chi connectivity index (χ2n) is 2.17. The zero-order valence-corrected chi connectivity index (χ0v) is 7.21. The van der Waals surface area contributed by atoms with Crippen molar-refractivity contribution < 1.29 is 4.65 Å². The Morgan fingerprint density at radius 1 is 1.82 bits per heavy atom. The van der Waals surface area contributed by atoms with Crippen molar-refractivity contribution >= 4 is 7.62 Å². The molecule has 4 heteroatoms. The molecule has 0 amide bonds. The van der Waals surface area contributed by atoms with Crippen LogP contribution in [0.15, 0.2) is 24.7 Å². The Balaban J connectivity index is 3.94. The third kappa shape index (κ3) is 4.50. The predicted molar refractivity (Wildman–Crippen MR) is 48.8 cm³/mol. The van der Waals surface area contributed by atoms with Gasteiger partial charge in [0.25, 0.3) is 0 Å². The molecule has 0 saturated carbocycles. The Bertz CT molecular complexity index is 147. The number of hydrogen-bond acceptors (Lipinski definition) is 3. The molecule has 0 bridgehead atoms. The van der Waals surface area contributed by atoms with Crippen molar-refractivity contribution in [3.05, 3.63) is 24.7 Å². The number of nitrogens with zero attached hydrogens (tertiary/aromatic N) is 1. The van der Waals surface area contributed by atoms with Gasteiger partial charge >= 0.3 is 7.62 Å². The molecule has 0 aromatic carbocycles. The van der Waals surface area contributed by atoms with E-state index in [-0.39, 0.29) is 0 Å². The highest BCUT2D eigenvalue weighted by Crippen LogP contribution is 1.95. The van der Waals surface area contributed by atoms with Crippen molar-refractivity contribution in [3.8, 4) is 0 Å². The molecule has 11 heavy (non-hydrogen) atoms. The lowest BCUT2D eigenvalue weighted by molar-refractivity contribution is 0.409. The maximum atomic E-state index is 5.60. The molecule has 0 saturated heterocycles. The minimum absolute atomic E-state index is 0.490. The van der Waals surface area contributed by atoms with Gasteiger partial charge in [-0.1, -0.05) is 13.5 Å². The summed E-state index contributed by atoms with van der Waals surface area (Å²) in [6, 6.07) is 0. The van der Waals surface area contributed by atoms with E-state index in [1.807, 2.05) is 13.1 Å². The van der Waals surface area contributed by atoms with Crippen LogP contribution in [0, 0.1) is 0 Å². The number of allylic oxidation sites excluding steroid dienone is 1. The Hall–Kier alpha value is -0.895. The van der Waals surface area contributed by atoms with Crippen LogP contribution in [-0.4, -0.2) is 19.5 Å². The molecule has 0 aromatic heterocycles. The zero-order valence-electron chi connectivity index (χ0n) is 7.21. The van der Waals surface area contributed by atoms with Gasteiger partial charge in [0.15, 0.2) is 0 Å². The Labute approximate surface area is 68.8 Å². The van der Waals surface area contributed by atoms with Crippen LogP contribution in [0.2, 0.25) is 0 Å². The molecule has 0 aliphatic rings. The summed E-state index contributed by atoms with van der Waals surface area (Å²) < 4.78 is 4.89. The van der Waals surface area contributed by atoms with Crippen molar-refractivity contribution in [2.24, 2.45) is 5.73 Å². The minimum atomic E-state index is 0.490. The second-order valence-corrected chi connectivity index (χ2v) is 2.17. The molecular weight excluding hydrogens is 139 g/mol. The molecule has 0 unspecified atom stereocenters. The van der Waals surface area contributed by atoms with Crippen LogP contribution in [0.1, 0.15) is 13.3 Å². The van der Waals surface area contributed by atoms with Crippen molar-refractivity contribution in [1.29, 1.82) is 0 Å². The van der Waals surface area contributed by atoms with Crippen molar-refractivity contribution in [1.82, 2.24) is 4.81 Å². The molecule has 0 aliphatic carbocycles. The monoisotopic (exact) mass is 154 g/mol. The third-order valence-electron chi connectivity index (χ3n) is 1.25. The lowest BCUT2D eigenvalue weighted by Crippen LogP contribution is -2.18. The lowest BCUT2D eigenvalue weighted by atomic mass is 10.2. The van der Waals surface area contributed by atoms with Crippen LogP contribution in [0.25, 0.3) is 0 Å². The van der Waals surface area contributed by atoms with Gasteiger partial charge in [0.05, 0.1) is 0 Å². The van der Waals surface area contributed by atoms with E-state index in [4.69, 9.17) is 10.4 Å². The molecule has 3 nitrogen and oxygen atoms in total. The van der Waals surface area contributed by atoms with Crippen LogP contribution in [0.3, 0.4) is 0 Å². The van der Waals surface area contributed by atoms with Crippen LogP contribution in [0.4, 0.5) is 0 Å². The van der Waals surface area contributed by atoms with E-state index >= 15 is 0 Å². The molecule has 62 valence electrons. The van der Waals surface area contributed by atoms with E-state index in [0.29, 0.717) is 7.62 Å². The third-order valence-corrected chi connectivity index (χ3v) is 1.25. The van der Waals surface area contributed by atoms with Gasteiger partial charge in [-0.25, -0.2) is 0 Å². The number of nitrogens with two attached hydrogens (primary N) is 1. The zero-order chi connectivity index (χ0) is 8.69. The van der Waals surface area contributed by atoms with Gasteiger partial charge < -0.3 is 15.2 Å². The summed E-state index contributed by atoms with van der Waals surface area (Å²) in [5, 5.41) is 0. The Kier molecular flexibility index (Phi) is 5.38. The first-order chi connectivity index (χ1) is 5.24. The van der Waals surface area contributed by atoms with Crippen molar-refractivity contribution in [2.45, 2.75) is 13.3 Å². The van der Waals surface area contributed by atoms with E-state index in [1.165, 1.54) is 0 Å². The first-order valence-electron chi connectivity index (χ1n) is 3.58. The van der Waals surface area contributed by atoms with Crippen LogP contribution < -0.4 is 5.73 Å². The molecular formula is C7H15BN2O. The Morgan fingerprint density at radius 3 is 2.82 bits per heavy atom. The normalized spacial score (nSPS) is 10.9. The van der Waals surface area contributed by atoms with Crippen molar-refractivity contribution in [2.75, 3.05) is 7.11 Å². The topological polar surface area (TPSA) is 38.5 Å². The average Bonchev–Trinajstić information content (AvgIpc) is 2.03. The van der Waals surface area contributed by atoms with E-state index in [2.05, 4.69) is 6.58 Å². The van der Waals surface area contributed by atoms with E-state index in [1.54, 1.807) is 18.1 Å². The Morgan fingerprint density at radius 2 is 2.45 bits per heavy atom. The number of hydrogen-bond donors (Lipinski definition) is 1. The maximum Gasteiger partial charge on any atom is 0.400 e. The van der Waals surface area contributed by atoms with E-state index < -0.39 is 0 Å². The first-order valence-corrected chi connectivity index (χ1v) is 3.58. The van der Waals surface area contributed by atoms with Gasteiger partial charge in [-0.2, -0.15) is 0 Å². The SMILES string of the molecule is C=CN(BOC)/C=C(\N)CC.